The molecule has 0 aliphatic carbocycles. The van der Waals surface area contributed by atoms with E-state index >= 15 is 0 Å². The van der Waals surface area contributed by atoms with Crippen LogP contribution >= 0.6 is 8.23 Å². The average Bonchev–Trinajstić information content (AvgIpc) is 1.80. The Hall–Kier alpha value is -0.130. The maximum absolute atomic E-state index is 12.3. The topological polar surface area (TPSA) is 0 Å². The Morgan fingerprint density at radius 2 is 1.29 bits per heavy atom. The second-order valence-corrected chi connectivity index (χ2v) is 4.17. The van der Waals surface area contributed by atoms with Gasteiger partial charge in [0, 0.05) is 6.92 Å². The Morgan fingerprint density at radius 1 is 0.929 bits per heavy atom. The van der Waals surface area contributed by atoms with Gasteiger partial charge in [-0.25, -0.2) is 4.20 Å². The smallest absolute Gasteiger partial charge is 0.220 e. The van der Waals surface area contributed by atoms with Crippen LogP contribution in [0, 0.1) is 0 Å². The molecule has 0 aliphatic rings. The zero-order valence-corrected chi connectivity index (χ0v) is 7.57. The lowest BCUT2D eigenvalue weighted by Gasteiger charge is -2.26. The third kappa shape index (κ3) is 3.55. The standard InChI is InChI=1S/C5H5F8P/c1-3(6,7)5(11,12)14(13)2-4(8,9)10/h2H2,1H3. The van der Waals surface area contributed by atoms with Gasteiger partial charge in [0.05, 0.1) is 6.16 Å². The predicted octanol–water partition coefficient (Wildman–Crippen LogP) is 4.16. The first-order valence-electron chi connectivity index (χ1n) is 3.14. The van der Waals surface area contributed by atoms with E-state index in [0.29, 0.717) is 0 Å². The van der Waals surface area contributed by atoms with E-state index in [2.05, 4.69) is 0 Å². The molecule has 0 aromatic rings. The molecule has 0 N–H and O–H groups in total. The van der Waals surface area contributed by atoms with Gasteiger partial charge < -0.3 is 0 Å². The number of halogens is 8. The monoisotopic (exact) mass is 248 g/mol. The van der Waals surface area contributed by atoms with Crippen LogP contribution in [0.5, 0.6) is 0 Å². The maximum atomic E-state index is 12.3. The summed E-state index contributed by atoms with van der Waals surface area (Å²) in [5.74, 6) is -4.79. The molecule has 1 unspecified atom stereocenters. The Bertz CT molecular complexity index is 191. The van der Waals surface area contributed by atoms with Gasteiger partial charge in [0.1, 0.15) is 0 Å². The van der Waals surface area contributed by atoms with Crippen LogP contribution in [0.2, 0.25) is 0 Å². The summed E-state index contributed by atoms with van der Waals surface area (Å²) in [6.45, 7) is -0.321. The highest BCUT2D eigenvalue weighted by molar-refractivity contribution is 7.53. The molecule has 14 heavy (non-hydrogen) atoms. The van der Waals surface area contributed by atoms with Crippen molar-refractivity contribution in [3.05, 3.63) is 0 Å². The third-order valence-corrected chi connectivity index (χ3v) is 2.79. The van der Waals surface area contributed by atoms with Crippen LogP contribution in [-0.2, 0) is 0 Å². The Morgan fingerprint density at radius 3 is 1.50 bits per heavy atom. The molecule has 0 bridgehead atoms. The highest BCUT2D eigenvalue weighted by atomic mass is 31.2. The fourth-order valence-electron chi connectivity index (χ4n) is 0.470. The Kier molecular flexibility index (Phi) is 3.76. The molecule has 1 atom stereocenters. The number of alkyl halides is 7. The molecule has 0 amide bonds. The highest BCUT2D eigenvalue weighted by Crippen LogP contribution is 2.61. The minimum absolute atomic E-state index is 0.321. The average molecular weight is 248 g/mol. The summed E-state index contributed by atoms with van der Waals surface area (Å²) in [6, 6.07) is 0. The Balaban J connectivity index is 4.61. The summed E-state index contributed by atoms with van der Waals surface area (Å²) in [7, 11) is -4.61. The van der Waals surface area contributed by atoms with Crippen molar-refractivity contribution in [1.82, 2.24) is 0 Å². The zero-order valence-electron chi connectivity index (χ0n) is 6.68. The molecule has 0 rings (SSSR count). The molecule has 0 aromatic carbocycles. The second kappa shape index (κ2) is 3.79. The van der Waals surface area contributed by atoms with Crippen LogP contribution in [0.4, 0.5) is 34.9 Å². The highest BCUT2D eigenvalue weighted by Gasteiger charge is 2.61. The van der Waals surface area contributed by atoms with Gasteiger partial charge in [-0.15, -0.1) is 0 Å². The van der Waals surface area contributed by atoms with E-state index in [1.807, 2.05) is 0 Å². The summed E-state index contributed by atoms with van der Waals surface area (Å²) in [5.41, 5.74) is -5.25. The van der Waals surface area contributed by atoms with E-state index in [1.54, 1.807) is 0 Å². The normalized spacial score (nSPS) is 16.9. The molecular formula is C5H5F8P. The van der Waals surface area contributed by atoms with Crippen molar-refractivity contribution < 1.29 is 34.9 Å². The number of hydrogen-bond donors (Lipinski definition) is 0. The maximum Gasteiger partial charge on any atom is 0.395 e. The lowest BCUT2D eigenvalue weighted by atomic mass is 10.4. The van der Waals surface area contributed by atoms with Gasteiger partial charge in [-0.1, -0.05) is 0 Å². The van der Waals surface area contributed by atoms with Gasteiger partial charge in [0.15, 0.2) is 8.23 Å². The van der Waals surface area contributed by atoms with Gasteiger partial charge in [-0.3, -0.25) is 0 Å². The minimum Gasteiger partial charge on any atom is -0.220 e. The summed E-state index contributed by atoms with van der Waals surface area (Å²) in [6.07, 6.45) is -7.74. The van der Waals surface area contributed by atoms with Crippen LogP contribution in [0.3, 0.4) is 0 Å². The fraction of sp³-hybridized carbons (Fsp3) is 1.00. The summed E-state index contributed by atoms with van der Waals surface area (Å²) in [4.78, 5) is 0. The molecular weight excluding hydrogens is 243 g/mol. The van der Waals surface area contributed by atoms with E-state index in [9.17, 15) is 34.9 Å². The molecule has 0 radical (unpaired) electrons. The van der Waals surface area contributed by atoms with E-state index in [-0.39, 0.29) is 6.92 Å². The van der Waals surface area contributed by atoms with Crippen molar-refractivity contribution in [2.24, 2.45) is 0 Å². The lowest BCUT2D eigenvalue weighted by molar-refractivity contribution is -0.148. The molecule has 0 saturated heterocycles. The molecule has 0 saturated carbocycles. The van der Waals surface area contributed by atoms with Crippen molar-refractivity contribution in [3.63, 3.8) is 0 Å². The van der Waals surface area contributed by atoms with Gasteiger partial charge in [0.25, 0.3) is 0 Å². The van der Waals surface area contributed by atoms with E-state index in [4.69, 9.17) is 0 Å². The van der Waals surface area contributed by atoms with Crippen molar-refractivity contribution in [3.8, 4) is 0 Å². The third-order valence-electron chi connectivity index (χ3n) is 1.15. The molecule has 0 fully saturated rings. The molecule has 0 aliphatic heterocycles. The van der Waals surface area contributed by atoms with Crippen molar-refractivity contribution >= 4 is 8.23 Å². The van der Waals surface area contributed by atoms with Crippen molar-refractivity contribution in [2.75, 3.05) is 6.16 Å². The van der Waals surface area contributed by atoms with Gasteiger partial charge in [0.2, 0.25) is 0 Å². The Labute approximate surface area is 75.1 Å². The lowest BCUT2D eigenvalue weighted by Crippen LogP contribution is -2.36. The van der Waals surface area contributed by atoms with E-state index in [0.717, 1.165) is 0 Å². The zero-order chi connectivity index (χ0) is 11.8. The van der Waals surface area contributed by atoms with E-state index < -0.39 is 32.2 Å². The number of hydrogen-bond acceptors (Lipinski definition) is 0. The van der Waals surface area contributed by atoms with Gasteiger partial charge >= 0.3 is 17.8 Å². The molecule has 0 nitrogen and oxygen atoms in total. The van der Waals surface area contributed by atoms with Crippen LogP contribution < -0.4 is 0 Å². The van der Waals surface area contributed by atoms with Gasteiger partial charge in [-0.2, -0.15) is 30.7 Å². The van der Waals surface area contributed by atoms with Crippen LogP contribution in [0.15, 0.2) is 0 Å². The molecule has 0 aromatic heterocycles. The van der Waals surface area contributed by atoms with Crippen LogP contribution in [0.1, 0.15) is 6.92 Å². The summed E-state index contributed by atoms with van der Waals surface area (Å²) in [5, 5.41) is 0. The molecule has 0 spiro atoms. The van der Waals surface area contributed by atoms with Crippen LogP contribution in [-0.4, -0.2) is 23.9 Å². The molecule has 0 heterocycles. The number of rotatable bonds is 3. The molecule has 9 heteroatoms. The first-order chi connectivity index (χ1) is 5.88. The molecule has 86 valence electrons. The quantitative estimate of drug-likeness (QED) is 0.519. The van der Waals surface area contributed by atoms with E-state index in [1.165, 1.54) is 0 Å². The SMILES string of the molecule is CC(F)(F)C(F)(F)P(F)CC(F)(F)F. The van der Waals surface area contributed by atoms with Crippen LogP contribution in [0.25, 0.3) is 0 Å². The largest absolute Gasteiger partial charge is 0.395 e. The fourth-order valence-corrected chi connectivity index (χ4v) is 1.41. The first kappa shape index (κ1) is 13.9. The summed E-state index contributed by atoms with van der Waals surface area (Å²) < 4.78 is 95.0. The first-order valence-corrected chi connectivity index (χ1v) is 4.55. The minimum atomic E-state index is -5.25. The van der Waals surface area contributed by atoms with Crippen molar-refractivity contribution in [1.29, 1.82) is 0 Å². The second-order valence-electron chi connectivity index (χ2n) is 2.57. The predicted molar refractivity (Wildman–Crippen MR) is 34.5 cm³/mol. The van der Waals surface area contributed by atoms with Crippen molar-refractivity contribution in [2.45, 2.75) is 24.7 Å². The summed E-state index contributed by atoms with van der Waals surface area (Å²) >= 11 is 0. The van der Waals surface area contributed by atoms with Gasteiger partial charge in [-0.05, 0) is 0 Å².